The first-order valence-corrected chi connectivity index (χ1v) is 8.48. The predicted octanol–water partition coefficient (Wildman–Crippen LogP) is 4.82. The monoisotopic (exact) mass is 327 g/mol. The third kappa shape index (κ3) is 3.01. The lowest BCUT2D eigenvalue weighted by Gasteiger charge is -2.11. The summed E-state index contributed by atoms with van der Waals surface area (Å²) in [6.45, 7) is 0.866. The molecule has 4 aromatic rings. The van der Waals surface area contributed by atoms with Crippen molar-refractivity contribution in [2.75, 3.05) is 19.0 Å². The lowest BCUT2D eigenvalue weighted by molar-refractivity contribution is 0.837. The van der Waals surface area contributed by atoms with Crippen LogP contribution >= 0.6 is 0 Å². The number of hydrogen-bond acceptors (Lipinski definition) is 2. The molecule has 0 saturated carbocycles. The minimum Gasteiger partial charge on any atom is -0.363 e. The molecule has 0 aliphatic carbocycles. The number of benzene rings is 2. The molecule has 4 rings (SSSR count). The molecule has 2 heterocycles. The van der Waals surface area contributed by atoms with Gasteiger partial charge in [-0.2, -0.15) is 0 Å². The molecule has 0 radical (unpaired) electrons. The van der Waals surface area contributed by atoms with Gasteiger partial charge in [-0.15, -0.1) is 0 Å². The van der Waals surface area contributed by atoms with Gasteiger partial charge in [-0.05, 0) is 23.8 Å². The molecule has 0 N–H and O–H groups in total. The van der Waals surface area contributed by atoms with Crippen LogP contribution in [-0.4, -0.2) is 23.6 Å². The van der Waals surface area contributed by atoms with E-state index in [0.717, 1.165) is 17.9 Å². The molecular formula is C22H21N3. The van der Waals surface area contributed by atoms with E-state index in [2.05, 4.69) is 82.5 Å². The third-order valence-electron chi connectivity index (χ3n) is 4.50. The molecule has 0 aliphatic rings. The second-order valence-electron chi connectivity index (χ2n) is 6.47. The Hall–Kier alpha value is -3.07. The second-order valence-corrected chi connectivity index (χ2v) is 6.47. The summed E-state index contributed by atoms with van der Waals surface area (Å²) in [5.74, 6) is 0.969. The molecule has 3 nitrogen and oxygen atoms in total. The third-order valence-corrected chi connectivity index (χ3v) is 4.50. The topological polar surface area (TPSA) is 21.1 Å². The SMILES string of the molecule is CN(C)c1ccc(-c2cn(Cc3ccccc3)c3ccccc23)cn1. The van der Waals surface area contributed by atoms with Crippen molar-refractivity contribution < 1.29 is 0 Å². The average Bonchev–Trinajstić information content (AvgIpc) is 3.01. The van der Waals surface area contributed by atoms with Gasteiger partial charge in [0.25, 0.3) is 0 Å². The fraction of sp³-hybridized carbons (Fsp3) is 0.136. The van der Waals surface area contributed by atoms with E-state index in [1.54, 1.807) is 0 Å². The predicted molar refractivity (Wildman–Crippen MR) is 105 cm³/mol. The number of nitrogens with zero attached hydrogens (tertiary/aromatic N) is 3. The highest BCUT2D eigenvalue weighted by Crippen LogP contribution is 2.31. The summed E-state index contributed by atoms with van der Waals surface area (Å²) in [4.78, 5) is 6.59. The summed E-state index contributed by atoms with van der Waals surface area (Å²) in [6, 6.07) is 23.4. The summed E-state index contributed by atoms with van der Waals surface area (Å²) >= 11 is 0. The Bertz CT molecular complexity index is 983. The van der Waals surface area contributed by atoms with Gasteiger partial charge >= 0.3 is 0 Å². The van der Waals surface area contributed by atoms with Gasteiger partial charge in [-0.3, -0.25) is 0 Å². The second kappa shape index (κ2) is 6.44. The molecule has 0 atom stereocenters. The highest BCUT2D eigenvalue weighted by molar-refractivity contribution is 5.96. The Morgan fingerprint density at radius 2 is 1.64 bits per heavy atom. The zero-order valence-corrected chi connectivity index (χ0v) is 14.6. The van der Waals surface area contributed by atoms with Crippen molar-refractivity contribution >= 4 is 16.7 Å². The van der Waals surface area contributed by atoms with Crippen molar-refractivity contribution in [3.63, 3.8) is 0 Å². The van der Waals surface area contributed by atoms with Crippen LogP contribution in [0.25, 0.3) is 22.0 Å². The average molecular weight is 327 g/mol. The summed E-state index contributed by atoms with van der Waals surface area (Å²) in [5.41, 5.74) is 4.92. The first kappa shape index (κ1) is 15.5. The number of anilines is 1. The maximum Gasteiger partial charge on any atom is 0.127 e. The van der Waals surface area contributed by atoms with E-state index < -0.39 is 0 Å². The van der Waals surface area contributed by atoms with Crippen molar-refractivity contribution in [2.45, 2.75) is 6.54 Å². The Kier molecular flexibility index (Phi) is 3.98. The van der Waals surface area contributed by atoms with E-state index in [1.165, 1.54) is 22.0 Å². The van der Waals surface area contributed by atoms with Gasteiger partial charge < -0.3 is 9.47 Å². The normalized spacial score (nSPS) is 11.0. The summed E-state index contributed by atoms with van der Waals surface area (Å²) in [5, 5.41) is 1.26. The standard InChI is InChI=1S/C22H21N3/c1-24(2)22-13-12-18(14-23-22)20-16-25(15-17-8-4-3-5-9-17)21-11-7-6-10-19(20)21/h3-14,16H,15H2,1-2H3. The molecule has 0 spiro atoms. The molecular weight excluding hydrogens is 306 g/mol. The van der Waals surface area contributed by atoms with Crippen LogP contribution in [0.4, 0.5) is 5.82 Å². The minimum absolute atomic E-state index is 0.866. The zero-order chi connectivity index (χ0) is 17.2. The van der Waals surface area contributed by atoms with Gasteiger partial charge in [-0.1, -0.05) is 48.5 Å². The molecule has 0 bridgehead atoms. The van der Waals surface area contributed by atoms with Gasteiger partial charge in [-0.25, -0.2) is 4.98 Å². The van der Waals surface area contributed by atoms with E-state index in [9.17, 15) is 0 Å². The van der Waals surface area contributed by atoms with Crippen LogP contribution in [0, 0.1) is 0 Å². The zero-order valence-electron chi connectivity index (χ0n) is 14.6. The van der Waals surface area contributed by atoms with Crippen LogP contribution in [0.2, 0.25) is 0 Å². The van der Waals surface area contributed by atoms with Gasteiger partial charge in [0.1, 0.15) is 5.82 Å². The molecule has 0 saturated heterocycles. The van der Waals surface area contributed by atoms with E-state index in [4.69, 9.17) is 0 Å². The number of fused-ring (bicyclic) bond motifs is 1. The van der Waals surface area contributed by atoms with Gasteiger partial charge in [0.2, 0.25) is 0 Å². The number of hydrogen-bond donors (Lipinski definition) is 0. The minimum atomic E-state index is 0.866. The lowest BCUT2D eigenvalue weighted by atomic mass is 10.1. The van der Waals surface area contributed by atoms with Crippen LogP contribution < -0.4 is 4.90 Å². The van der Waals surface area contributed by atoms with Gasteiger partial charge in [0.15, 0.2) is 0 Å². The molecule has 0 amide bonds. The first-order chi connectivity index (χ1) is 12.2. The fourth-order valence-corrected chi connectivity index (χ4v) is 3.20. The van der Waals surface area contributed by atoms with Gasteiger partial charge in [0, 0.05) is 55.1 Å². The largest absolute Gasteiger partial charge is 0.363 e. The smallest absolute Gasteiger partial charge is 0.127 e. The number of rotatable bonds is 4. The Balaban J connectivity index is 1.79. The highest BCUT2D eigenvalue weighted by Gasteiger charge is 2.11. The van der Waals surface area contributed by atoms with Crippen LogP contribution in [0.15, 0.2) is 79.1 Å². The van der Waals surface area contributed by atoms with E-state index >= 15 is 0 Å². The molecule has 124 valence electrons. The van der Waals surface area contributed by atoms with Crippen LogP contribution in [-0.2, 0) is 6.54 Å². The molecule has 3 heteroatoms. The number of pyridine rings is 1. The maximum atomic E-state index is 4.57. The van der Waals surface area contributed by atoms with Gasteiger partial charge in [0.05, 0.1) is 0 Å². The van der Waals surface area contributed by atoms with Crippen molar-refractivity contribution in [1.29, 1.82) is 0 Å². The molecule has 2 aromatic heterocycles. The Morgan fingerprint density at radius 1 is 0.880 bits per heavy atom. The highest BCUT2D eigenvalue weighted by atomic mass is 15.1. The Morgan fingerprint density at radius 3 is 2.36 bits per heavy atom. The quantitative estimate of drug-likeness (QED) is 0.536. The van der Waals surface area contributed by atoms with Crippen molar-refractivity contribution in [3.05, 3.63) is 84.7 Å². The maximum absolute atomic E-state index is 4.57. The summed E-state index contributed by atoms with van der Waals surface area (Å²) < 4.78 is 2.32. The molecule has 25 heavy (non-hydrogen) atoms. The van der Waals surface area contributed by atoms with Crippen LogP contribution in [0.5, 0.6) is 0 Å². The lowest BCUT2D eigenvalue weighted by Crippen LogP contribution is -2.09. The fourth-order valence-electron chi connectivity index (χ4n) is 3.20. The van der Waals surface area contributed by atoms with Crippen molar-refractivity contribution in [3.8, 4) is 11.1 Å². The molecule has 2 aromatic carbocycles. The van der Waals surface area contributed by atoms with E-state index in [-0.39, 0.29) is 0 Å². The number of para-hydroxylation sites is 1. The Labute approximate surface area is 148 Å². The first-order valence-electron chi connectivity index (χ1n) is 8.48. The van der Waals surface area contributed by atoms with E-state index in [0.29, 0.717) is 0 Å². The van der Waals surface area contributed by atoms with Crippen LogP contribution in [0.1, 0.15) is 5.56 Å². The molecule has 0 unspecified atom stereocenters. The molecule has 0 aliphatic heterocycles. The van der Waals surface area contributed by atoms with E-state index in [1.807, 2.05) is 25.2 Å². The van der Waals surface area contributed by atoms with Crippen LogP contribution in [0.3, 0.4) is 0 Å². The van der Waals surface area contributed by atoms with Crippen molar-refractivity contribution in [2.24, 2.45) is 0 Å². The number of aromatic nitrogens is 2. The molecule has 0 fully saturated rings. The summed E-state index contributed by atoms with van der Waals surface area (Å²) in [7, 11) is 4.02. The van der Waals surface area contributed by atoms with Crippen molar-refractivity contribution in [1.82, 2.24) is 9.55 Å². The summed E-state index contributed by atoms with van der Waals surface area (Å²) in [6.07, 6.45) is 4.20.